The Morgan fingerprint density at radius 1 is 1.26 bits per heavy atom. The molecule has 0 saturated carbocycles. The van der Waals surface area contributed by atoms with Gasteiger partial charge in [0.2, 0.25) is 0 Å². The SMILES string of the molecule is CN(C)C(=O)Oc1nsnc1-c1ccc(Cl)c(Cl)c1. The highest BCUT2D eigenvalue weighted by Gasteiger charge is 2.17. The maximum absolute atomic E-state index is 11.5. The van der Waals surface area contributed by atoms with Gasteiger partial charge in [0.25, 0.3) is 5.88 Å². The fourth-order valence-corrected chi connectivity index (χ4v) is 2.04. The standard InChI is InChI=1S/C11H9Cl2N3O2S/c1-16(2)11(17)18-10-9(14-19-15-10)6-3-4-7(12)8(13)5-6/h3-5H,1-2H3. The third kappa shape index (κ3) is 3.15. The summed E-state index contributed by atoms with van der Waals surface area (Å²) < 4.78 is 13.2. The van der Waals surface area contributed by atoms with Crippen molar-refractivity contribution in [3.63, 3.8) is 0 Å². The Morgan fingerprint density at radius 3 is 2.63 bits per heavy atom. The molecule has 1 aromatic heterocycles. The largest absolute Gasteiger partial charge is 0.416 e. The second-order valence-corrected chi connectivity index (χ2v) is 5.15. The number of ether oxygens (including phenoxy) is 1. The molecule has 19 heavy (non-hydrogen) atoms. The summed E-state index contributed by atoms with van der Waals surface area (Å²) in [6, 6.07) is 5.03. The van der Waals surface area contributed by atoms with E-state index in [2.05, 4.69) is 8.75 Å². The fourth-order valence-electron chi connectivity index (χ4n) is 1.24. The Kier molecular flexibility index (Phi) is 4.24. The first kappa shape index (κ1) is 14.0. The molecule has 8 heteroatoms. The Morgan fingerprint density at radius 2 is 2.00 bits per heavy atom. The summed E-state index contributed by atoms with van der Waals surface area (Å²) >= 11 is 12.7. The predicted octanol–water partition coefficient (Wildman–Crippen LogP) is 3.57. The van der Waals surface area contributed by atoms with Crippen LogP contribution >= 0.6 is 34.9 Å². The highest BCUT2D eigenvalue weighted by molar-refractivity contribution is 6.99. The molecule has 1 aromatic carbocycles. The van der Waals surface area contributed by atoms with E-state index in [1.54, 1.807) is 32.3 Å². The summed E-state index contributed by atoms with van der Waals surface area (Å²) in [5, 5.41) is 0.845. The first-order valence-electron chi connectivity index (χ1n) is 5.16. The predicted molar refractivity (Wildman–Crippen MR) is 75.1 cm³/mol. The summed E-state index contributed by atoms with van der Waals surface area (Å²) in [5.74, 6) is 0.155. The number of rotatable bonds is 2. The van der Waals surface area contributed by atoms with Crippen LogP contribution < -0.4 is 4.74 Å². The number of aromatic nitrogens is 2. The molecule has 2 rings (SSSR count). The van der Waals surface area contributed by atoms with Crippen LogP contribution in [-0.2, 0) is 0 Å². The van der Waals surface area contributed by atoms with E-state index in [0.717, 1.165) is 11.7 Å². The van der Waals surface area contributed by atoms with Gasteiger partial charge >= 0.3 is 6.09 Å². The summed E-state index contributed by atoms with van der Waals surface area (Å²) in [7, 11) is 3.17. The van der Waals surface area contributed by atoms with Gasteiger partial charge in [-0.15, -0.1) is 4.37 Å². The van der Waals surface area contributed by atoms with Gasteiger partial charge in [0.15, 0.2) is 0 Å². The zero-order valence-corrected chi connectivity index (χ0v) is 12.4. The van der Waals surface area contributed by atoms with Gasteiger partial charge in [0, 0.05) is 19.7 Å². The molecule has 0 saturated heterocycles. The van der Waals surface area contributed by atoms with Gasteiger partial charge in [-0.25, -0.2) is 4.79 Å². The Bertz CT molecular complexity index is 616. The van der Waals surface area contributed by atoms with Crippen molar-refractivity contribution in [2.24, 2.45) is 0 Å². The van der Waals surface area contributed by atoms with Crippen LogP contribution in [0.4, 0.5) is 4.79 Å². The Labute approximate surface area is 124 Å². The highest BCUT2D eigenvalue weighted by Crippen LogP contribution is 2.32. The number of nitrogens with zero attached hydrogens (tertiary/aromatic N) is 3. The molecule has 1 heterocycles. The van der Waals surface area contributed by atoms with E-state index in [0.29, 0.717) is 21.3 Å². The summed E-state index contributed by atoms with van der Waals surface area (Å²) in [6.45, 7) is 0. The molecule has 0 aliphatic carbocycles. The van der Waals surface area contributed by atoms with E-state index in [1.165, 1.54) is 4.90 Å². The van der Waals surface area contributed by atoms with E-state index in [9.17, 15) is 4.79 Å². The molecule has 0 radical (unpaired) electrons. The highest BCUT2D eigenvalue weighted by atomic mass is 35.5. The molecule has 0 aliphatic rings. The van der Waals surface area contributed by atoms with Gasteiger partial charge in [-0.2, -0.15) is 4.37 Å². The molecule has 0 spiro atoms. The summed E-state index contributed by atoms with van der Waals surface area (Å²) in [6.07, 6.45) is -0.519. The number of carbonyl (C=O) groups is 1. The van der Waals surface area contributed by atoms with Crippen LogP contribution in [0.25, 0.3) is 11.3 Å². The van der Waals surface area contributed by atoms with Crippen molar-refractivity contribution < 1.29 is 9.53 Å². The molecule has 0 unspecified atom stereocenters. The quantitative estimate of drug-likeness (QED) is 0.849. The first-order chi connectivity index (χ1) is 8.99. The number of hydrogen-bond acceptors (Lipinski definition) is 5. The van der Waals surface area contributed by atoms with E-state index in [1.807, 2.05) is 0 Å². The number of amides is 1. The molecule has 2 aromatic rings. The number of hydrogen-bond donors (Lipinski definition) is 0. The third-order valence-corrected chi connectivity index (χ3v) is 3.45. The van der Waals surface area contributed by atoms with Crippen molar-refractivity contribution in [2.75, 3.05) is 14.1 Å². The molecule has 100 valence electrons. The van der Waals surface area contributed by atoms with E-state index in [-0.39, 0.29) is 5.88 Å². The smallest absolute Gasteiger partial charge is 0.388 e. The van der Waals surface area contributed by atoms with Crippen LogP contribution in [0.15, 0.2) is 18.2 Å². The average Bonchev–Trinajstić information content (AvgIpc) is 2.80. The van der Waals surface area contributed by atoms with Crippen LogP contribution in [0.5, 0.6) is 5.88 Å². The minimum absolute atomic E-state index is 0.155. The van der Waals surface area contributed by atoms with Crippen LogP contribution in [0.1, 0.15) is 0 Å². The molecular weight excluding hydrogens is 309 g/mol. The fraction of sp³-hybridized carbons (Fsp3) is 0.182. The maximum atomic E-state index is 11.5. The van der Waals surface area contributed by atoms with E-state index >= 15 is 0 Å². The van der Waals surface area contributed by atoms with Crippen LogP contribution in [-0.4, -0.2) is 33.8 Å². The van der Waals surface area contributed by atoms with Crippen molar-refractivity contribution in [3.05, 3.63) is 28.2 Å². The molecule has 0 N–H and O–H groups in total. The molecule has 1 amide bonds. The first-order valence-corrected chi connectivity index (χ1v) is 6.64. The van der Waals surface area contributed by atoms with Crippen LogP contribution in [0.3, 0.4) is 0 Å². The lowest BCUT2D eigenvalue weighted by Gasteiger charge is -2.09. The van der Waals surface area contributed by atoms with E-state index < -0.39 is 6.09 Å². The Hall–Kier alpha value is -1.37. The maximum Gasteiger partial charge on any atom is 0.416 e. The minimum atomic E-state index is -0.519. The zero-order chi connectivity index (χ0) is 14.0. The molecule has 5 nitrogen and oxygen atoms in total. The van der Waals surface area contributed by atoms with Crippen molar-refractivity contribution in [1.82, 2.24) is 13.6 Å². The second kappa shape index (κ2) is 5.73. The van der Waals surface area contributed by atoms with Gasteiger partial charge in [-0.05, 0) is 12.1 Å². The van der Waals surface area contributed by atoms with Gasteiger partial charge in [-0.3, -0.25) is 0 Å². The van der Waals surface area contributed by atoms with Crippen molar-refractivity contribution >= 4 is 41.0 Å². The second-order valence-electron chi connectivity index (χ2n) is 3.81. The number of benzene rings is 1. The monoisotopic (exact) mass is 317 g/mol. The van der Waals surface area contributed by atoms with Crippen LogP contribution in [0.2, 0.25) is 10.0 Å². The van der Waals surface area contributed by atoms with E-state index in [4.69, 9.17) is 27.9 Å². The lowest BCUT2D eigenvalue weighted by atomic mass is 10.2. The molecule has 0 bridgehead atoms. The summed E-state index contributed by atoms with van der Waals surface area (Å²) in [4.78, 5) is 12.8. The van der Waals surface area contributed by atoms with Crippen LogP contribution in [0, 0.1) is 0 Å². The number of carbonyl (C=O) groups excluding carboxylic acids is 1. The molecule has 0 atom stereocenters. The minimum Gasteiger partial charge on any atom is -0.388 e. The topological polar surface area (TPSA) is 55.3 Å². The lowest BCUT2D eigenvalue weighted by Crippen LogP contribution is -2.25. The van der Waals surface area contributed by atoms with Crippen molar-refractivity contribution in [2.45, 2.75) is 0 Å². The van der Waals surface area contributed by atoms with Gasteiger partial charge in [0.1, 0.15) is 5.69 Å². The van der Waals surface area contributed by atoms with Crippen molar-refractivity contribution in [1.29, 1.82) is 0 Å². The van der Waals surface area contributed by atoms with Gasteiger partial charge in [-0.1, -0.05) is 29.3 Å². The lowest BCUT2D eigenvalue weighted by molar-refractivity contribution is 0.170. The molecular formula is C11H9Cl2N3O2S. The average molecular weight is 318 g/mol. The number of halogens is 2. The molecule has 0 fully saturated rings. The Balaban J connectivity index is 2.33. The zero-order valence-electron chi connectivity index (χ0n) is 10.1. The normalized spacial score (nSPS) is 10.3. The third-order valence-electron chi connectivity index (χ3n) is 2.20. The van der Waals surface area contributed by atoms with Gasteiger partial charge < -0.3 is 9.64 Å². The summed E-state index contributed by atoms with van der Waals surface area (Å²) in [5.41, 5.74) is 1.14. The molecule has 0 aliphatic heterocycles. The van der Waals surface area contributed by atoms with Gasteiger partial charge in [0.05, 0.1) is 21.8 Å². The van der Waals surface area contributed by atoms with Crippen molar-refractivity contribution in [3.8, 4) is 17.1 Å².